The molecule has 0 N–H and O–H groups in total. The minimum absolute atomic E-state index is 0.00498. The standard InChI is InChI=1S/C15H16BrF4NO4S/c1-2-25-13(22)14(17)5-7-21(8-6-14)26(23,24)12-4-3-10(9-11(12)16)15(18,19)20/h3-4,9H,2,5-8H2,1H3. The predicted molar refractivity (Wildman–Crippen MR) is 87.6 cm³/mol. The summed E-state index contributed by atoms with van der Waals surface area (Å²) in [6.45, 7) is 0.963. The van der Waals surface area contributed by atoms with E-state index < -0.39 is 33.4 Å². The van der Waals surface area contributed by atoms with Crippen molar-refractivity contribution in [3.05, 3.63) is 28.2 Å². The van der Waals surface area contributed by atoms with E-state index in [1.165, 1.54) is 6.92 Å². The number of carbonyl (C=O) groups excluding carboxylic acids is 1. The molecule has 0 saturated carbocycles. The van der Waals surface area contributed by atoms with Crippen LogP contribution in [0, 0.1) is 0 Å². The number of carbonyl (C=O) groups is 1. The van der Waals surface area contributed by atoms with Gasteiger partial charge in [-0.05, 0) is 41.1 Å². The summed E-state index contributed by atoms with van der Waals surface area (Å²) in [4.78, 5) is 11.3. The van der Waals surface area contributed by atoms with Gasteiger partial charge in [-0.3, -0.25) is 0 Å². The van der Waals surface area contributed by atoms with Crippen LogP contribution in [-0.4, -0.2) is 44.1 Å². The summed E-state index contributed by atoms with van der Waals surface area (Å²) in [6.07, 6.45) is -5.38. The van der Waals surface area contributed by atoms with E-state index in [-0.39, 0.29) is 41.9 Å². The highest BCUT2D eigenvalue weighted by molar-refractivity contribution is 9.10. The molecule has 1 heterocycles. The number of esters is 1. The molecule has 0 aromatic heterocycles. The maximum Gasteiger partial charge on any atom is 0.416 e. The summed E-state index contributed by atoms with van der Waals surface area (Å²) in [5, 5.41) is 0. The van der Waals surface area contributed by atoms with Crippen molar-refractivity contribution in [2.75, 3.05) is 19.7 Å². The van der Waals surface area contributed by atoms with Gasteiger partial charge in [0.1, 0.15) is 0 Å². The van der Waals surface area contributed by atoms with Crippen LogP contribution in [0.3, 0.4) is 0 Å². The molecular weight excluding hydrogens is 446 g/mol. The molecule has 146 valence electrons. The highest BCUT2D eigenvalue weighted by Gasteiger charge is 2.46. The number of sulfonamides is 1. The van der Waals surface area contributed by atoms with E-state index in [1.807, 2.05) is 0 Å². The monoisotopic (exact) mass is 461 g/mol. The zero-order valence-electron chi connectivity index (χ0n) is 13.6. The number of rotatable bonds is 4. The van der Waals surface area contributed by atoms with E-state index in [0.717, 1.165) is 10.4 Å². The lowest BCUT2D eigenvalue weighted by molar-refractivity contribution is -0.160. The first kappa shape index (κ1) is 21.1. The Labute approximate surface area is 156 Å². The van der Waals surface area contributed by atoms with Crippen LogP contribution < -0.4 is 0 Å². The van der Waals surface area contributed by atoms with Gasteiger partial charge in [-0.25, -0.2) is 17.6 Å². The van der Waals surface area contributed by atoms with E-state index in [2.05, 4.69) is 20.7 Å². The molecule has 1 aliphatic heterocycles. The summed E-state index contributed by atoms with van der Waals surface area (Å²) in [5.74, 6) is -1.03. The first-order valence-electron chi connectivity index (χ1n) is 7.65. The van der Waals surface area contributed by atoms with Crippen LogP contribution in [0.25, 0.3) is 0 Å². The SMILES string of the molecule is CCOC(=O)C1(F)CCN(S(=O)(=O)c2ccc(C(F)(F)F)cc2Br)CC1. The fourth-order valence-corrected chi connectivity index (χ4v) is 5.05. The van der Waals surface area contributed by atoms with Crippen molar-refractivity contribution in [3.8, 4) is 0 Å². The second-order valence-corrected chi connectivity index (χ2v) is 8.49. The third-order valence-corrected chi connectivity index (χ3v) is 6.91. The van der Waals surface area contributed by atoms with Gasteiger partial charge >= 0.3 is 12.1 Å². The van der Waals surface area contributed by atoms with Crippen molar-refractivity contribution in [2.24, 2.45) is 0 Å². The van der Waals surface area contributed by atoms with Gasteiger partial charge in [0.05, 0.1) is 17.1 Å². The molecule has 0 amide bonds. The Balaban J connectivity index is 2.21. The summed E-state index contributed by atoms with van der Waals surface area (Å²) >= 11 is 2.85. The molecule has 1 aliphatic rings. The van der Waals surface area contributed by atoms with E-state index >= 15 is 0 Å². The van der Waals surface area contributed by atoms with Crippen molar-refractivity contribution in [1.82, 2.24) is 4.31 Å². The molecule has 0 aliphatic carbocycles. The predicted octanol–water partition coefficient (Wildman–Crippen LogP) is 3.52. The van der Waals surface area contributed by atoms with Crippen molar-refractivity contribution >= 4 is 31.9 Å². The van der Waals surface area contributed by atoms with Gasteiger partial charge in [0.25, 0.3) is 0 Å². The van der Waals surface area contributed by atoms with Gasteiger partial charge in [-0.15, -0.1) is 0 Å². The number of benzene rings is 1. The molecule has 1 aromatic rings. The minimum Gasteiger partial charge on any atom is -0.464 e. The average molecular weight is 462 g/mol. The normalized spacial score (nSPS) is 18.5. The smallest absolute Gasteiger partial charge is 0.416 e. The number of ether oxygens (including phenoxy) is 1. The quantitative estimate of drug-likeness (QED) is 0.508. The van der Waals surface area contributed by atoms with Crippen LogP contribution in [0.4, 0.5) is 17.6 Å². The summed E-state index contributed by atoms with van der Waals surface area (Å²) in [6, 6.07) is 2.19. The van der Waals surface area contributed by atoms with Gasteiger partial charge in [0.2, 0.25) is 15.7 Å². The summed E-state index contributed by atoms with van der Waals surface area (Å²) < 4.78 is 83.3. The molecule has 26 heavy (non-hydrogen) atoms. The highest BCUT2D eigenvalue weighted by Crippen LogP contribution is 2.36. The molecule has 0 radical (unpaired) electrons. The number of hydrogen-bond acceptors (Lipinski definition) is 4. The average Bonchev–Trinajstić information content (AvgIpc) is 2.54. The van der Waals surface area contributed by atoms with Crippen molar-refractivity contribution in [1.29, 1.82) is 0 Å². The molecule has 11 heteroatoms. The Bertz CT molecular complexity index is 789. The van der Waals surface area contributed by atoms with Gasteiger partial charge in [-0.2, -0.15) is 17.5 Å². The number of halogens is 5. The second-order valence-electron chi connectivity index (χ2n) is 5.73. The third kappa shape index (κ3) is 4.20. The number of piperidine rings is 1. The van der Waals surface area contributed by atoms with Gasteiger partial charge < -0.3 is 4.74 Å². The van der Waals surface area contributed by atoms with E-state index in [9.17, 15) is 30.8 Å². The first-order valence-corrected chi connectivity index (χ1v) is 9.88. The molecular formula is C15H16BrF4NO4S. The van der Waals surface area contributed by atoms with Crippen LogP contribution >= 0.6 is 15.9 Å². The molecule has 1 fully saturated rings. The zero-order valence-corrected chi connectivity index (χ0v) is 16.0. The Kier molecular flexibility index (Phi) is 6.03. The lowest BCUT2D eigenvalue weighted by Gasteiger charge is -2.34. The molecule has 5 nitrogen and oxygen atoms in total. The van der Waals surface area contributed by atoms with Crippen LogP contribution in [-0.2, 0) is 25.7 Å². The third-order valence-electron chi connectivity index (χ3n) is 4.03. The molecule has 0 spiro atoms. The number of alkyl halides is 4. The van der Waals surface area contributed by atoms with Crippen LogP contribution in [0.1, 0.15) is 25.3 Å². The number of nitrogens with zero attached hydrogens (tertiary/aromatic N) is 1. The Morgan fingerprint density at radius 1 is 1.31 bits per heavy atom. The maximum absolute atomic E-state index is 14.6. The van der Waals surface area contributed by atoms with Crippen molar-refractivity contribution in [3.63, 3.8) is 0 Å². The van der Waals surface area contributed by atoms with Crippen molar-refractivity contribution < 1.29 is 35.5 Å². The Morgan fingerprint density at radius 2 is 1.88 bits per heavy atom. The lowest BCUT2D eigenvalue weighted by Crippen LogP contribution is -2.49. The Hall–Kier alpha value is -1.20. The fraction of sp³-hybridized carbons (Fsp3) is 0.533. The van der Waals surface area contributed by atoms with E-state index in [4.69, 9.17) is 0 Å². The van der Waals surface area contributed by atoms with Gasteiger partial charge in [0.15, 0.2) is 0 Å². The maximum atomic E-state index is 14.6. The highest BCUT2D eigenvalue weighted by atomic mass is 79.9. The van der Waals surface area contributed by atoms with Gasteiger partial charge in [-0.1, -0.05) is 0 Å². The minimum atomic E-state index is -4.61. The van der Waals surface area contributed by atoms with E-state index in [1.54, 1.807) is 0 Å². The second kappa shape index (κ2) is 7.43. The molecule has 2 rings (SSSR count). The topological polar surface area (TPSA) is 63.7 Å². The molecule has 1 saturated heterocycles. The van der Waals surface area contributed by atoms with Crippen LogP contribution in [0.5, 0.6) is 0 Å². The molecule has 0 atom stereocenters. The summed E-state index contributed by atoms with van der Waals surface area (Å²) in [7, 11) is -4.14. The molecule has 0 bridgehead atoms. The largest absolute Gasteiger partial charge is 0.464 e. The molecule has 0 unspecified atom stereocenters. The Morgan fingerprint density at radius 3 is 2.35 bits per heavy atom. The zero-order chi connectivity index (χ0) is 19.8. The van der Waals surface area contributed by atoms with Crippen LogP contribution in [0.15, 0.2) is 27.6 Å². The van der Waals surface area contributed by atoms with E-state index in [0.29, 0.717) is 12.1 Å². The number of hydrogen-bond donors (Lipinski definition) is 0. The fourth-order valence-electron chi connectivity index (χ4n) is 2.57. The lowest BCUT2D eigenvalue weighted by atomic mass is 9.95. The van der Waals surface area contributed by atoms with Gasteiger partial charge in [0, 0.05) is 30.4 Å². The first-order chi connectivity index (χ1) is 11.9. The summed E-state index contributed by atoms with van der Waals surface area (Å²) in [5.41, 5.74) is -3.26. The van der Waals surface area contributed by atoms with Crippen molar-refractivity contribution in [2.45, 2.75) is 36.5 Å². The molecule has 1 aromatic carbocycles. The van der Waals surface area contributed by atoms with Crippen LogP contribution in [0.2, 0.25) is 0 Å².